The second kappa shape index (κ2) is 10.1. The number of hydrogen-bond acceptors (Lipinski definition) is 5. The largest absolute Gasteiger partial charge is 0.573 e. The molecule has 1 N–H and O–H groups in total. The highest BCUT2D eigenvalue weighted by Gasteiger charge is 2.32. The molecular weight excluding hydrogens is 504 g/mol. The molecule has 1 amide bonds. The van der Waals surface area contributed by atoms with Gasteiger partial charge in [0.25, 0.3) is 5.91 Å². The Morgan fingerprint density at radius 1 is 1.19 bits per heavy atom. The second-order valence-corrected chi connectivity index (χ2v) is 8.59. The topological polar surface area (TPSA) is 60.5 Å². The maximum atomic E-state index is 12.5. The molecule has 1 aliphatic rings. The number of ether oxygens (including phenoxy) is 2. The zero-order valence-corrected chi connectivity index (χ0v) is 18.1. The van der Waals surface area contributed by atoms with Gasteiger partial charge < -0.3 is 14.8 Å². The Balaban J connectivity index is 0.000000196. The number of rotatable bonds is 3. The van der Waals surface area contributed by atoms with E-state index in [2.05, 4.69) is 31.0 Å². The lowest BCUT2D eigenvalue weighted by Crippen LogP contribution is -2.32. The number of benzene rings is 1. The normalized spacial score (nSPS) is 15.1. The van der Waals surface area contributed by atoms with Gasteiger partial charge in [-0.1, -0.05) is 12.1 Å². The number of para-hydroxylation sites is 1. The molecule has 0 fully saturated rings. The van der Waals surface area contributed by atoms with Gasteiger partial charge in [0.15, 0.2) is 11.6 Å². The van der Waals surface area contributed by atoms with E-state index in [0.717, 1.165) is 33.8 Å². The van der Waals surface area contributed by atoms with Gasteiger partial charge in [-0.25, -0.2) is 4.39 Å². The Kier molecular flexibility index (Phi) is 7.50. The molecule has 0 saturated heterocycles. The van der Waals surface area contributed by atoms with Gasteiger partial charge in [-0.15, -0.1) is 24.5 Å². The number of halogens is 5. The Morgan fingerprint density at radius 2 is 1.97 bits per heavy atom. The van der Waals surface area contributed by atoms with Crippen molar-refractivity contribution in [3.05, 3.63) is 74.9 Å². The maximum Gasteiger partial charge on any atom is 0.573 e. The zero-order valence-electron chi connectivity index (χ0n) is 15.7. The average molecular weight is 519 g/mol. The van der Waals surface area contributed by atoms with Crippen LogP contribution in [0.25, 0.3) is 0 Å². The summed E-state index contributed by atoms with van der Waals surface area (Å²) < 4.78 is 56.9. The first-order chi connectivity index (χ1) is 14.7. The predicted octanol–water partition coefficient (Wildman–Crippen LogP) is 5.88. The van der Waals surface area contributed by atoms with Crippen LogP contribution in [0.1, 0.15) is 27.8 Å². The summed E-state index contributed by atoms with van der Waals surface area (Å²) in [5.74, 6) is -1.16. The lowest BCUT2D eigenvalue weighted by atomic mass is 10.1. The van der Waals surface area contributed by atoms with E-state index >= 15 is 0 Å². The van der Waals surface area contributed by atoms with E-state index in [0.29, 0.717) is 11.5 Å². The van der Waals surface area contributed by atoms with Crippen molar-refractivity contribution in [1.82, 2.24) is 10.3 Å². The fourth-order valence-corrected chi connectivity index (χ4v) is 3.96. The van der Waals surface area contributed by atoms with E-state index in [9.17, 15) is 22.4 Å². The number of nitrogens with zero attached hydrogens (tertiary/aromatic N) is 1. The van der Waals surface area contributed by atoms with Gasteiger partial charge in [0.05, 0.1) is 21.3 Å². The fourth-order valence-electron chi connectivity index (χ4n) is 2.67. The summed E-state index contributed by atoms with van der Waals surface area (Å²) >= 11 is 4.78. The van der Waals surface area contributed by atoms with E-state index in [1.54, 1.807) is 6.20 Å². The second-order valence-electron chi connectivity index (χ2n) is 6.13. The molecular formula is C20H15BrF4N2O3S. The van der Waals surface area contributed by atoms with Gasteiger partial charge in [-0.2, -0.15) is 0 Å². The molecule has 3 aromatic rings. The summed E-state index contributed by atoms with van der Waals surface area (Å²) in [6.07, 6.45) is -2.39. The van der Waals surface area contributed by atoms with Gasteiger partial charge in [-0.05, 0) is 52.3 Å². The molecule has 31 heavy (non-hydrogen) atoms. The van der Waals surface area contributed by atoms with Crippen LogP contribution < -0.4 is 14.8 Å². The van der Waals surface area contributed by atoms with Crippen LogP contribution in [-0.4, -0.2) is 23.9 Å². The molecule has 0 bridgehead atoms. The molecule has 1 aromatic carbocycles. The van der Waals surface area contributed by atoms with E-state index < -0.39 is 17.9 Å². The number of fused-ring (bicyclic) bond motifs is 1. The van der Waals surface area contributed by atoms with Crippen LogP contribution in [-0.2, 0) is 0 Å². The lowest BCUT2D eigenvalue weighted by Gasteiger charge is -2.25. The average Bonchev–Trinajstić information content (AvgIpc) is 3.16. The van der Waals surface area contributed by atoms with Crippen molar-refractivity contribution >= 4 is 33.2 Å². The van der Waals surface area contributed by atoms with Crippen molar-refractivity contribution < 1.29 is 31.8 Å². The smallest absolute Gasteiger partial charge is 0.491 e. The standard InChI is InChI=1S/C13H11BrN2O2S.C7H4F4O/c14-11-4-3-10(19-11)13(17)16-8-5-7-18-9-2-1-6-15-12(8)9;8-5-3-1-2-4-6(5)12-7(9,10)11/h1-4,6,8H,5,7H2,(H,16,17);1-4H. The first kappa shape index (κ1) is 23.0. The molecule has 0 saturated carbocycles. The number of thiophene rings is 1. The van der Waals surface area contributed by atoms with Gasteiger partial charge in [0.1, 0.15) is 11.4 Å². The summed E-state index contributed by atoms with van der Waals surface area (Å²) in [7, 11) is 0. The molecule has 5 nitrogen and oxygen atoms in total. The van der Waals surface area contributed by atoms with E-state index in [1.807, 2.05) is 24.3 Å². The first-order valence-electron chi connectivity index (χ1n) is 8.87. The summed E-state index contributed by atoms with van der Waals surface area (Å²) in [5.41, 5.74) is 0.803. The minimum Gasteiger partial charge on any atom is -0.491 e. The quantitative estimate of drug-likeness (QED) is 0.439. The molecule has 1 unspecified atom stereocenters. The lowest BCUT2D eigenvalue weighted by molar-refractivity contribution is -0.275. The van der Waals surface area contributed by atoms with Crippen molar-refractivity contribution in [2.24, 2.45) is 0 Å². The highest BCUT2D eigenvalue weighted by molar-refractivity contribution is 9.11. The SMILES string of the molecule is Fc1ccccc1OC(F)(F)F.O=C(NC1CCOc2cccnc21)c1ccc(Br)s1. The number of pyridine rings is 1. The molecule has 1 atom stereocenters. The molecule has 3 heterocycles. The van der Waals surface area contributed by atoms with E-state index in [-0.39, 0.29) is 11.9 Å². The molecule has 2 aromatic heterocycles. The Bertz CT molecular complexity index is 1050. The molecule has 4 rings (SSSR count). The first-order valence-corrected chi connectivity index (χ1v) is 10.5. The predicted molar refractivity (Wildman–Crippen MR) is 110 cm³/mol. The summed E-state index contributed by atoms with van der Waals surface area (Å²) in [5, 5.41) is 3.01. The van der Waals surface area contributed by atoms with Crippen LogP contribution in [0.2, 0.25) is 0 Å². The Hall–Kier alpha value is -2.66. The highest BCUT2D eigenvalue weighted by Crippen LogP contribution is 2.30. The number of nitrogens with one attached hydrogen (secondary N) is 1. The third-order valence-corrected chi connectivity index (χ3v) is 5.58. The monoisotopic (exact) mass is 518 g/mol. The van der Waals surface area contributed by atoms with Crippen molar-refractivity contribution in [3.63, 3.8) is 0 Å². The highest BCUT2D eigenvalue weighted by atomic mass is 79.9. The molecule has 0 aliphatic carbocycles. The third kappa shape index (κ3) is 6.66. The van der Waals surface area contributed by atoms with Gasteiger partial charge in [-0.3, -0.25) is 9.78 Å². The van der Waals surface area contributed by atoms with E-state index in [4.69, 9.17) is 4.74 Å². The maximum absolute atomic E-state index is 12.5. The minimum atomic E-state index is -4.85. The van der Waals surface area contributed by atoms with Crippen LogP contribution in [0.5, 0.6) is 11.5 Å². The van der Waals surface area contributed by atoms with Crippen molar-refractivity contribution in [3.8, 4) is 11.5 Å². The molecule has 1 aliphatic heterocycles. The number of alkyl halides is 3. The zero-order chi connectivity index (χ0) is 22.4. The number of carbonyl (C=O) groups excluding carboxylic acids is 1. The Labute approximate surface area is 187 Å². The fraction of sp³-hybridized carbons (Fsp3) is 0.200. The van der Waals surface area contributed by atoms with Crippen LogP contribution in [0.15, 0.2) is 58.5 Å². The minimum absolute atomic E-state index is 0.0702. The van der Waals surface area contributed by atoms with Crippen LogP contribution in [0.3, 0.4) is 0 Å². The van der Waals surface area contributed by atoms with Crippen LogP contribution in [0.4, 0.5) is 17.6 Å². The summed E-state index contributed by atoms with van der Waals surface area (Å²) in [6, 6.07) is 11.6. The van der Waals surface area contributed by atoms with Crippen molar-refractivity contribution in [1.29, 1.82) is 0 Å². The molecule has 0 radical (unpaired) electrons. The number of hydrogen-bond donors (Lipinski definition) is 1. The van der Waals surface area contributed by atoms with Gasteiger partial charge in [0.2, 0.25) is 0 Å². The molecule has 164 valence electrons. The number of carbonyl (C=O) groups is 1. The summed E-state index contributed by atoms with van der Waals surface area (Å²) in [4.78, 5) is 17.1. The van der Waals surface area contributed by atoms with Crippen molar-refractivity contribution in [2.45, 2.75) is 18.8 Å². The number of amides is 1. The molecule has 0 spiro atoms. The summed E-state index contributed by atoms with van der Waals surface area (Å²) in [6.45, 7) is 0.595. The Morgan fingerprint density at radius 3 is 2.65 bits per heavy atom. The van der Waals surface area contributed by atoms with Crippen LogP contribution >= 0.6 is 27.3 Å². The molecule has 11 heteroatoms. The number of aromatic nitrogens is 1. The van der Waals surface area contributed by atoms with Gasteiger partial charge in [0, 0.05) is 12.6 Å². The van der Waals surface area contributed by atoms with Crippen LogP contribution in [0, 0.1) is 5.82 Å². The van der Waals surface area contributed by atoms with E-state index in [1.165, 1.54) is 23.5 Å². The van der Waals surface area contributed by atoms with Crippen molar-refractivity contribution in [2.75, 3.05) is 6.61 Å². The van der Waals surface area contributed by atoms with Gasteiger partial charge >= 0.3 is 6.36 Å². The third-order valence-electron chi connectivity index (χ3n) is 3.96.